The zero-order chi connectivity index (χ0) is 22.7. The first-order valence-electron chi connectivity index (χ1n) is 12.0. The summed E-state index contributed by atoms with van der Waals surface area (Å²) in [4.78, 5) is 0. The smallest absolute Gasteiger partial charge is 0.167 e. The Kier molecular flexibility index (Phi) is 7.23. The lowest BCUT2D eigenvalue weighted by Gasteiger charge is -2.41. The van der Waals surface area contributed by atoms with Gasteiger partial charge in [-0.15, -0.1) is 6.58 Å². The molecule has 4 rings (SSSR count). The van der Waals surface area contributed by atoms with Crippen LogP contribution in [0.4, 0.5) is 13.2 Å². The second-order valence-corrected chi connectivity index (χ2v) is 9.60. The van der Waals surface area contributed by atoms with Gasteiger partial charge in [0, 0.05) is 11.1 Å². The number of hydrogen-bond donors (Lipinski definition) is 0. The Hall–Kier alpha value is -2.29. The molecule has 3 heteroatoms. The number of allylic oxidation sites excluding steroid dienone is 3. The summed E-state index contributed by atoms with van der Waals surface area (Å²) in [6, 6.07) is 8.13. The van der Waals surface area contributed by atoms with Crippen molar-refractivity contribution in [1.82, 2.24) is 0 Å². The summed E-state index contributed by atoms with van der Waals surface area (Å²) in [6.07, 6.45) is 14.3. The summed E-state index contributed by atoms with van der Waals surface area (Å²) in [7, 11) is 0. The molecule has 4 atom stereocenters. The van der Waals surface area contributed by atoms with E-state index < -0.39 is 17.5 Å². The van der Waals surface area contributed by atoms with Gasteiger partial charge < -0.3 is 0 Å². The van der Waals surface area contributed by atoms with Gasteiger partial charge in [0.15, 0.2) is 11.6 Å². The maximum Gasteiger partial charge on any atom is 0.167 e. The van der Waals surface area contributed by atoms with Crippen molar-refractivity contribution in [3.05, 3.63) is 83.7 Å². The van der Waals surface area contributed by atoms with Crippen molar-refractivity contribution in [3.63, 3.8) is 0 Å². The summed E-state index contributed by atoms with van der Waals surface area (Å²) in [5.41, 5.74) is 1.40. The van der Waals surface area contributed by atoms with E-state index in [4.69, 9.17) is 0 Å². The molecule has 2 aliphatic carbocycles. The second-order valence-electron chi connectivity index (χ2n) is 9.60. The van der Waals surface area contributed by atoms with Gasteiger partial charge in [-0.2, -0.15) is 0 Å². The summed E-state index contributed by atoms with van der Waals surface area (Å²) in [5, 5.41) is 0. The van der Waals surface area contributed by atoms with E-state index in [2.05, 4.69) is 25.7 Å². The van der Waals surface area contributed by atoms with E-state index in [0.29, 0.717) is 36.2 Å². The number of aryl methyl sites for hydroxylation is 1. The van der Waals surface area contributed by atoms with Gasteiger partial charge in [-0.05, 0) is 99.2 Å². The number of halogens is 3. The van der Waals surface area contributed by atoms with E-state index in [1.807, 2.05) is 6.07 Å². The van der Waals surface area contributed by atoms with Gasteiger partial charge in [0.1, 0.15) is 5.82 Å². The molecule has 4 unspecified atom stereocenters. The highest BCUT2D eigenvalue weighted by molar-refractivity contribution is 5.66. The van der Waals surface area contributed by atoms with E-state index in [-0.39, 0.29) is 11.1 Å². The Bertz CT molecular complexity index is 990. The summed E-state index contributed by atoms with van der Waals surface area (Å²) < 4.78 is 44.2. The highest BCUT2D eigenvalue weighted by Crippen LogP contribution is 2.48. The maximum absolute atomic E-state index is 15.1. The molecule has 0 saturated heterocycles. The Labute approximate surface area is 190 Å². The quantitative estimate of drug-likeness (QED) is 0.395. The molecule has 0 amide bonds. The molecule has 0 spiro atoms. The van der Waals surface area contributed by atoms with Gasteiger partial charge in [-0.3, -0.25) is 0 Å². The summed E-state index contributed by atoms with van der Waals surface area (Å²) in [6.45, 7) is 5.71. The van der Waals surface area contributed by atoms with Crippen molar-refractivity contribution in [3.8, 4) is 11.1 Å². The van der Waals surface area contributed by atoms with Crippen molar-refractivity contribution in [2.45, 2.75) is 64.2 Å². The van der Waals surface area contributed by atoms with Gasteiger partial charge in [0.25, 0.3) is 0 Å². The third-order valence-electron chi connectivity index (χ3n) is 7.65. The van der Waals surface area contributed by atoms with Crippen LogP contribution in [0.25, 0.3) is 11.1 Å². The van der Waals surface area contributed by atoms with Crippen LogP contribution in [-0.2, 0) is 6.42 Å². The molecular formula is C29H33F3. The molecule has 2 aliphatic rings. The molecule has 0 aliphatic heterocycles. The molecule has 170 valence electrons. The lowest BCUT2D eigenvalue weighted by atomic mass is 9.64. The fourth-order valence-corrected chi connectivity index (χ4v) is 5.93. The molecule has 2 aromatic carbocycles. The number of hydrogen-bond acceptors (Lipinski definition) is 0. The highest BCUT2D eigenvalue weighted by Gasteiger charge is 2.35. The lowest BCUT2D eigenvalue weighted by molar-refractivity contribution is 0.133. The molecule has 0 nitrogen and oxygen atoms in total. The van der Waals surface area contributed by atoms with Crippen molar-refractivity contribution < 1.29 is 13.2 Å². The SMILES string of the molecule is C=CCCc1ccc(-c2ccc(C3CCC4CC(/C=C/C)CCC4C3)cc2F)c(F)c1F. The first-order valence-corrected chi connectivity index (χ1v) is 12.0. The Morgan fingerprint density at radius 2 is 1.66 bits per heavy atom. The summed E-state index contributed by atoms with van der Waals surface area (Å²) >= 11 is 0. The Morgan fingerprint density at radius 3 is 2.41 bits per heavy atom. The standard InChI is InChI=1S/C29H33F3/c1-3-5-7-20-12-15-26(29(32)28(20)31)25-14-13-24(18-27(25)30)23-11-10-21-16-19(6-4-2)8-9-22(21)17-23/h3-4,6,12-15,18-19,21-23H,1,5,7-11,16-17H2,2H3/b6-4+. The van der Waals surface area contributed by atoms with E-state index in [1.165, 1.54) is 31.7 Å². The minimum atomic E-state index is -0.975. The molecule has 0 bridgehead atoms. The maximum atomic E-state index is 15.1. The third kappa shape index (κ3) is 4.72. The van der Waals surface area contributed by atoms with Crippen LogP contribution in [0.2, 0.25) is 0 Å². The molecule has 0 aromatic heterocycles. The minimum absolute atomic E-state index is 0.0140. The largest absolute Gasteiger partial charge is 0.206 e. The molecule has 2 saturated carbocycles. The predicted octanol–water partition coefficient (Wildman–Crippen LogP) is 8.77. The van der Waals surface area contributed by atoms with Gasteiger partial charge in [0.2, 0.25) is 0 Å². The number of benzene rings is 2. The molecule has 2 aromatic rings. The first kappa shape index (κ1) is 22.9. The van der Waals surface area contributed by atoms with Crippen LogP contribution in [0.3, 0.4) is 0 Å². The molecular weight excluding hydrogens is 405 g/mol. The highest BCUT2D eigenvalue weighted by atomic mass is 19.2. The average molecular weight is 439 g/mol. The van der Waals surface area contributed by atoms with Crippen LogP contribution in [0.15, 0.2) is 55.1 Å². The number of fused-ring (bicyclic) bond motifs is 1. The van der Waals surface area contributed by atoms with E-state index in [1.54, 1.807) is 24.3 Å². The van der Waals surface area contributed by atoms with Gasteiger partial charge in [-0.1, -0.05) is 42.5 Å². The lowest BCUT2D eigenvalue weighted by Crippen LogP contribution is -2.30. The van der Waals surface area contributed by atoms with Crippen molar-refractivity contribution in [2.24, 2.45) is 17.8 Å². The van der Waals surface area contributed by atoms with Crippen LogP contribution in [0, 0.1) is 35.2 Å². The minimum Gasteiger partial charge on any atom is -0.206 e. The molecule has 0 radical (unpaired) electrons. The van der Waals surface area contributed by atoms with Gasteiger partial charge in [0.05, 0.1) is 0 Å². The van der Waals surface area contributed by atoms with Crippen molar-refractivity contribution in [1.29, 1.82) is 0 Å². The van der Waals surface area contributed by atoms with Crippen LogP contribution in [0.5, 0.6) is 0 Å². The van der Waals surface area contributed by atoms with Gasteiger partial charge in [-0.25, -0.2) is 13.2 Å². The fourth-order valence-electron chi connectivity index (χ4n) is 5.93. The van der Waals surface area contributed by atoms with E-state index in [0.717, 1.165) is 24.3 Å². The van der Waals surface area contributed by atoms with Crippen LogP contribution in [0.1, 0.15) is 68.9 Å². The summed E-state index contributed by atoms with van der Waals surface area (Å²) in [5.74, 6) is 0.221. The normalized spacial score (nSPS) is 25.6. The van der Waals surface area contributed by atoms with Crippen molar-refractivity contribution in [2.75, 3.05) is 0 Å². The molecule has 0 heterocycles. The van der Waals surface area contributed by atoms with Crippen LogP contribution < -0.4 is 0 Å². The van der Waals surface area contributed by atoms with Gasteiger partial charge >= 0.3 is 0 Å². The molecule has 32 heavy (non-hydrogen) atoms. The zero-order valence-corrected chi connectivity index (χ0v) is 18.9. The van der Waals surface area contributed by atoms with E-state index in [9.17, 15) is 8.78 Å². The number of rotatable bonds is 6. The Morgan fingerprint density at radius 1 is 0.906 bits per heavy atom. The third-order valence-corrected chi connectivity index (χ3v) is 7.65. The van der Waals surface area contributed by atoms with Crippen molar-refractivity contribution >= 4 is 0 Å². The predicted molar refractivity (Wildman–Crippen MR) is 126 cm³/mol. The molecule has 0 N–H and O–H groups in total. The fraction of sp³-hybridized carbons (Fsp3) is 0.448. The van der Waals surface area contributed by atoms with E-state index >= 15 is 4.39 Å². The van der Waals surface area contributed by atoms with Crippen LogP contribution >= 0.6 is 0 Å². The topological polar surface area (TPSA) is 0 Å². The zero-order valence-electron chi connectivity index (χ0n) is 18.9. The second kappa shape index (κ2) is 10.1. The average Bonchev–Trinajstić information content (AvgIpc) is 2.80. The monoisotopic (exact) mass is 438 g/mol. The Balaban J connectivity index is 1.50. The molecule has 2 fully saturated rings. The van der Waals surface area contributed by atoms with Crippen LogP contribution in [-0.4, -0.2) is 0 Å². The first-order chi connectivity index (χ1) is 15.5.